The zero-order valence-electron chi connectivity index (χ0n) is 12.1. The monoisotopic (exact) mass is 263 g/mol. The SMILES string of the molecule is COc1cnn(C(C)C)c1C(N)c1cn(C)nc1C. The predicted molar refractivity (Wildman–Crippen MR) is 73.1 cm³/mol. The second kappa shape index (κ2) is 5.05. The number of ether oxygens (including phenoxy) is 1. The van der Waals surface area contributed by atoms with Crippen molar-refractivity contribution in [1.82, 2.24) is 19.6 Å². The molecule has 0 aliphatic carbocycles. The summed E-state index contributed by atoms with van der Waals surface area (Å²) in [6.45, 7) is 6.09. The van der Waals surface area contributed by atoms with Crippen LogP contribution in [0, 0.1) is 6.92 Å². The lowest BCUT2D eigenvalue weighted by Crippen LogP contribution is -2.19. The van der Waals surface area contributed by atoms with Crippen LogP contribution in [0.2, 0.25) is 0 Å². The topological polar surface area (TPSA) is 70.9 Å². The van der Waals surface area contributed by atoms with E-state index in [1.165, 1.54) is 0 Å². The summed E-state index contributed by atoms with van der Waals surface area (Å²) in [5.41, 5.74) is 9.19. The van der Waals surface area contributed by atoms with Gasteiger partial charge in [0.2, 0.25) is 0 Å². The molecule has 0 amide bonds. The smallest absolute Gasteiger partial charge is 0.161 e. The molecule has 0 spiro atoms. The number of hydrogen-bond acceptors (Lipinski definition) is 4. The number of nitrogens with two attached hydrogens (primary N) is 1. The minimum absolute atomic E-state index is 0.224. The van der Waals surface area contributed by atoms with Gasteiger partial charge < -0.3 is 10.5 Å². The minimum Gasteiger partial charge on any atom is -0.493 e. The first-order valence-electron chi connectivity index (χ1n) is 6.32. The molecule has 2 aromatic heterocycles. The Kier molecular flexibility index (Phi) is 3.61. The van der Waals surface area contributed by atoms with E-state index in [1.54, 1.807) is 18.0 Å². The molecule has 1 atom stereocenters. The number of aryl methyl sites for hydroxylation is 2. The lowest BCUT2D eigenvalue weighted by molar-refractivity contribution is 0.401. The van der Waals surface area contributed by atoms with Gasteiger partial charge in [-0.1, -0.05) is 0 Å². The second-order valence-electron chi connectivity index (χ2n) is 4.96. The molecular formula is C13H21N5O. The molecule has 2 aromatic rings. The minimum atomic E-state index is -0.298. The van der Waals surface area contributed by atoms with Crippen molar-refractivity contribution >= 4 is 0 Å². The molecule has 0 radical (unpaired) electrons. The standard InChI is InChI=1S/C13H21N5O/c1-8(2)18-13(11(19-5)6-15-18)12(14)10-7-17(4)16-9(10)3/h6-8,12H,14H2,1-5H3. The van der Waals surface area contributed by atoms with Crippen molar-refractivity contribution < 1.29 is 4.74 Å². The van der Waals surface area contributed by atoms with E-state index in [-0.39, 0.29) is 12.1 Å². The van der Waals surface area contributed by atoms with Crippen molar-refractivity contribution in [3.63, 3.8) is 0 Å². The molecule has 0 aliphatic heterocycles. The third-order valence-electron chi connectivity index (χ3n) is 3.19. The third kappa shape index (κ3) is 2.35. The van der Waals surface area contributed by atoms with Crippen LogP contribution in [0.1, 0.15) is 42.9 Å². The molecule has 104 valence electrons. The van der Waals surface area contributed by atoms with Gasteiger partial charge in [-0.05, 0) is 20.8 Å². The number of nitrogens with zero attached hydrogens (tertiary/aromatic N) is 4. The van der Waals surface area contributed by atoms with Gasteiger partial charge in [0.15, 0.2) is 5.75 Å². The van der Waals surface area contributed by atoms with Crippen LogP contribution >= 0.6 is 0 Å². The maximum Gasteiger partial charge on any atom is 0.161 e. The summed E-state index contributed by atoms with van der Waals surface area (Å²) < 4.78 is 9.04. The highest BCUT2D eigenvalue weighted by atomic mass is 16.5. The Balaban J connectivity index is 2.51. The van der Waals surface area contributed by atoms with Crippen LogP contribution in [0.4, 0.5) is 0 Å². The first kappa shape index (κ1) is 13.6. The fourth-order valence-electron chi connectivity index (χ4n) is 2.29. The maximum absolute atomic E-state index is 6.40. The summed E-state index contributed by atoms with van der Waals surface area (Å²) in [5.74, 6) is 0.712. The van der Waals surface area contributed by atoms with Crippen LogP contribution in [-0.2, 0) is 7.05 Å². The zero-order chi connectivity index (χ0) is 14.2. The summed E-state index contributed by atoms with van der Waals surface area (Å²) in [4.78, 5) is 0. The third-order valence-corrected chi connectivity index (χ3v) is 3.19. The van der Waals surface area contributed by atoms with Gasteiger partial charge in [-0.2, -0.15) is 10.2 Å². The molecule has 2 rings (SSSR count). The van der Waals surface area contributed by atoms with E-state index in [0.717, 1.165) is 17.0 Å². The Bertz CT molecular complexity index is 570. The average molecular weight is 263 g/mol. The molecule has 6 heteroatoms. The molecule has 19 heavy (non-hydrogen) atoms. The van der Waals surface area contributed by atoms with E-state index >= 15 is 0 Å². The number of hydrogen-bond donors (Lipinski definition) is 1. The zero-order valence-corrected chi connectivity index (χ0v) is 12.1. The van der Waals surface area contributed by atoms with Gasteiger partial charge in [0.25, 0.3) is 0 Å². The fourth-order valence-corrected chi connectivity index (χ4v) is 2.29. The molecular weight excluding hydrogens is 242 g/mol. The average Bonchev–Trinajstić information content (AvgIpc) is 2.91. The highest BCUT2D eigenvalue weighted by molar-refractivity contribution is 5.37. The van der Waals surface area contributed by atoms with Gasteiger partial charge >= 0.3 is 0 Å². The molecule has 0 saturated carbocycles. The van der Waals surface area contributed by atoms with Crippen molar-refractivity contribution in [1.29, 1.82) is 0 Å². The van der Waals surface area contributed by atoms with Crippen molar-refractivity contribution in [3.8, 4) is 5.75 Å². The van der Waals surface area contributed by atoms with Crippen LogP contribution < -0.4 is 10.5 Å². The van der Waals surface area contributed by atoms with E-state index in [0.29, 0.717) is 5.75 Å². The van der Waals surface area contributed by atoms with Gasteiger partial charge in [-0.25, -0.2) is 0 Å². The first-order chi connectivity index (χ1) is 8.95. The molecule has 0 fully saturated rings. The molecule has 0 aliphatic rings. The van der Waals surface area contributed by atoms with E-state index in [9.17, 15) is 0 Å². The summed E-state index contributed by atoms with van der Waals surface area (Å²) in [6.07, 6.45) is 3.65. The van der Waals surface area contributed by atoms with Gasteiger partial charge in [0.05, 0.1) is 25.0 Å². The molecule has 1 unspecified atom stereocenters. The predicted octanol–water partition coefficient (Wildman–Crippen LogP) is 1.56. The first-order valence-corrected chi connectivity index (χ1v) is 6.32. The van der Waals surface area contributed by atoms with E-state index in [4.69, 9.17) is 10.5 Å². The van der Waals surface area contributed by atoms with Crippen LogP contribution in [0.5, 0.6) is 5.75 Å². The Labute approximate surface area is 113 Å². The van der Waals surface area contributed by atoms with Crippen molar-refractivity contribution in [2.45, 2.75) is 32.9 Å². The molecule has 0 aromatic carbocycles. The quantitative estimate of drug-likeness (QED) is 0.908. The van der Waals surface area contributed by atoms with E-state index in [1.807, 2.05) is 24.9 Å². The van der Waals surface area contributed by atoms with Crippen molar-refractivity contribution in [2.75, 3.05) is 7.11 Å². The van der Waals surface area contributed by atoms with Crippen LogP contribution in [-0.4, -0.2) is 26.7 Å². The Morgan fingerprint density at radius 2 is 2.05 bits per heavy atom. The fraction of sp³-hybridized carbons (Fsp3) is 0.538. The highest BCUT2D eigenvalue weighted by Crippen LogP contribution is 2.31. The molecule has 6 nitrogen and oxygen atoms in total. The van der Waals surface area contributed by atoms with Crippen LogP contribution in [0.25, 0.3) is 0 Å². The summed E-state index contributed by atoms with van der Waals surface area (Å²) in [7, 11) is 3.52. The van der Waals surface area contributed by atoms with Gasteiger partial charge in [0, 0.05) is 24.8 Å². The maximum atomic E-state index is 6.40. The Morgan fingerprint density at radius 1 is 1.37 bits per heavy atom. The van der Waals surface area contributed by atoms with Crippen LogP contribution in [0.3, 0.4) is 0 Å². The molecule has 2 N–H and O–H groups in total. The Morgan fingerprint density at radius 3 is 2.53 bits per heavy atom. The number of rotatable bonds is 4. The number of aromatic nitrogens is 4. The van der Waals surface area contributed by atoms with E-state index in [2.05, 4.69) is 24.0 Å². The summed E-state index contributed by atoms with van der Waals surface area (Å²) >= 11 is 0. The van der Waals surface area contributed by atoms with Crippen molar-refractivity contribution in [3.05, 3.63) is 29.3 Å². The lowest BCUT2D eigenvalue weighted by Gasteiger charge is -2.17. The van der Waals surface area contributed by atoms with Gasteiger partial charge in [-0.3, -0.25) is 9.36 Å². The van der Waals surface area contributed by atoms with Gasteiger partial charge in [0.1, 0.15) is 5.69 Å². The molecule has 0 bridgehead atoms. The van der Waals surface area contributed by atoms with Crippen LogP contribution in [0.15, 0.2) is 12.4 Å². The summed E-state index contributed by atoms with van der Waals surface area (Å²) in [5, 5.41) is 8.69. The second-order valence-corrected chi connectivity index (χ2v) is 4.96. The Hall–Kier alpha value is -1.82. The highest BCUT2D eigenvalue weighted by Gasteiger charge is 2.24. The van der Waals surface area contributed by atoms with Gasteiger partial charge in [-0.15, -0.1) is 0 Å². The number of methoxy groups -OCH3 is 1. The molecule has 0 saturated heterocycles. The lowest BCUT2D eigenvalue weighted by atomic mass is 10.0. The van der Waals surface area contributed by atoms with E-state index < -0.39 is 0 Å². The summed E-state index contributed by atoms with van der Waals surface area (Å²) in [6, 6.07) is -0.0736. The molecule has 2 heterocycles. The normalized spacial score (nSPS) is 13.0. The van der Waals surface area contributed by atoms with Crippen molar-refractivity contribution in [2.24, 2.45) is 12.8 Å². The largest absolute Gasteiger partial charge is 0.493 e.